The van der Waals surface area contributed by atoms with Gasteiger partial charge in [-0.25, -0.2) is 0 Å². The highest BCUT2D eigenvalue weighted by atomic mass is 16.3. The Morgan fingerprint density at radius 1 is 0.333 bits per heavy atom. The number of benzene rings is 10. The maximum atomic E-state index is 6.36. The van der Waals surface area contributed by atoms with Crippen molar-refractivity contribution in [1.29, 1.82) is 0 Å². The van der Waals surface area contributed by atoms with Crippen LogP contribution in [0, 0.1) is 13.8 Å². The van der Waals surface area contributed by atoms with E-state index in [-0.39, 0.29) is 5.92 Å². The van der Waals surface area contributed by atoms with E-state index in [9.17, 15) is 0 Å². The first-order valence-electron chi connectivity index (χ1n) is 20.7. The lowest BCUT2D eigenvalue weighted by Gasteiger charge is -2.28. The molecule has 0 spiro atoms. The van der Waals surface area contributed by atoms with Crippen LogP contribution in [0.2, 0.25) is 0 Å². The number of anilines is 3. The molecule has 1 unspecified atom stereocenters. The Labute approximate surface area is 347 Å². The van der Waals surface area contributed by atoms with Crippen LogP contribution in [0.1, 0.15) is 33.7 Å². The van der Waals surface area contributed by atoms with Gasteiger partial charge in [0.25, 0.3) is 0 Å². The monoisotopic (exact) mass is 769 g/mol. The van der Waals surface area contributed by atoms with E-state index in [0.717, 1.165) is 60.9 Å². The first-order valence-corrected chi connectivity index (χ1v) is 20.7. The van der Waals surface area contributed by atoms with Crippen LogP contribution in [0.3, 0.4) is 0 Å². The molecule has 0 fully saturated rings. The molecule has 1 atom stereocenters. The predicted octanol–water partition coefficient (Wildman–Crippen LogP) is 16.2. The van der Waals surface area contributed by atoms with E-state index in [0.29, 0.717) is 0 Å². The van der Waals surface area contributed by atoms with Gasteiger partial charge in [-0.05, 0) is 136 Å². The van der Waals surface area contributed by atoms with Crippen molar-refractivity contribution in [3.05, 3.63) is 222 Å². The first-order chi connectivity index (χ1) is 29.6. The van der Waals surface area contributed by atoms with Crippen molar-refractivity contribution in [2.45, 2.75) is 19.8 Å². The van der Waals surface area contributed by atoms with Crippen molar-refractivity contribution in [2.75, 3.05) is 4.90 Å². The standard InChI is InChI=1S/C57H39NO2/c1-35-21-25-53-47(29-35)49-31-38(23-27-55(49)59-53)57(37-13-5-3-6-14-37)51-33-45-43-19-11-12-20-44(43)52(34-46(45)41-17-9-10-18-42(41)51)58(39-15-7-4-8-16-39)40-24-28-56-50(32-40)48-30-36(2)22-26-54(48)60-56/h3-34,57H,1-2H3. The Morgan fingerprint density at radius 3 is 1.50 bits per heavy atom. The minimum absolute atomic E-state index is 0.0286. The molecular weight excluding hydrogens is 731 g/mol. The van der Waals surface area contributed by atoms with Crippen LogP contribution in [0.4, 0.5) is 17.1 Å². The summed E-state index contributed by atoms with van der Waals surface area (Å²) >= 11 is 0. The van der Waals surface area contributed by atoms with Crippen LogP contribution in [0.5, 0.6) is 0 Å². The Bertz CT molecular complexity index is 3390. The van der Waals surface area contributed by atoms with Gasteiger partial charge in [-0.3, -0.25) is 0 Å². The molecule has 3 nitrogen and oxygen atoms in total. The summed E-state index contributed by atoms with van der Waals surface area (Å²) in [6.07, 6.45) is 0. The molecule has 0 aliphatic carbocycles. The molecule has 0 radical (unpaired) electrons. The number of furan rings is 2. The molecule has 12 aromatic rings. The van der Waals surface area contributed by atoms with E-state index < -0.39 is 0 Å². The Kier molecular flexibility index (Phi) is 7.73. The molecule has 0 amide bonds. The smallest absolute Gasteiger partial charge is 0.135 e. The highest BCUT2D eigenvalue weighted by Gasteiger charge is 2.25. The molecule has 0 saturated heterocycles. The molecular formula is C57H39NO2. The van der Waals surface area contributed by atoms with Gasteiger partial charge < -0.3 is 13.7 Å². The maximum absolute atomic E-state index is 6.36. The van der Waals surface area contributed by atoms with Crippen LogP contribution in [-0.4, -0.2) is 0 Å². The van der Waals surface area contributed by atoms with Crippen LogP contribution in [-0.2, 0) is 0 Å². The number of nitrogens with zero attached hydrogens (tertiary/aromatic N) is 1. The van der Waals surface area contributed by atoms with E-state index in [4.69, 9.17) is 8.83 Å². The summed E-state index contributed by atoms with van der Waals surface area (Å²) in [7, 11) is 0. The molecule has 10 aromatic carbocycles. The maximum Gasteiger partial charge on any atom is 0.135 e. The molecule has 0 bridgehead atoms. The molecule has 3 heteroatoms. The third-order valence-electron chi connectivity index (χ3n) is 12.4. The lowest BCUT2D eigenvalue weighted by molar-refractivity contribution is 0.668. The summed E-state index contributed by atoms with van der Waals surface area (Å²) in [4.78, 5) is 2.41. The molecule has 2 aromatic heterocycles. The second kappa shape index (κ2) is 13.5. The summed E-state index contributed by atoms with van der Waals surface area (Å²) < 4.78 is 12.7. The van der Waals surface area contributed by atoms with Crippen LogP contribution < -0.4 is 4.90 Å². The summed E-state index contributed by atoms with van der Waals surface area (Å²) in [5.41, 5.74) is 13.1. The second-order valence-electron chi connectivity index (χ2n) is 16.2. The topological polar surface area (TPSA) is 29.5 Å². The lowest BCUT2D eigenvalue weighted by Crippen LogP contribution is -2.11. The summed E-state index contributed by atoms with van der Waals surface area (Å²) in [5, 5.41) is 11.8. The molecule has 2 heterocycles. The number of rotatable bonds is 6. The number of para-hydroxylation sites is 1. The quantitative estimate of drug-likeness (QED) is 0.125. The molecule has 60 heavy (non-hydrogen) atoms. The zero-order chi connectivity index (χ0) is 39.9. The summed E-state index contributed by atoms with van der Waals surface area (Å²) in [5.74, 6) is -0.0286. The SMILES string of the molecule is Cc1ccc2oc3ccc(C(c4ccccc4)c4cc5c6ccccc6c(N(c6ccccc6)c6ccc7oc8ccc(C)cc8c7c6)cc5c5ccccc45)cc3c2c1. The van der Waals surface area contributed by atoms with E-state index in [2.05, 4.69) is 213 Å². The number of aryl methyl sites for hydroxylation is 2. The van der Waals surface area contributed by atoms with Gasteiger partial charge in [-0.1, -0.05) is 126 Å². The first kappa shape index (κ1) is 34.4. The van der Waals surface area contributed by atoms with Crippen LogP contribution in [0.25, 0.3) is 76.2 Å². The van der Waals surface area contributed by atoms with E-state index >= 15 is 0 Å². The average molecular weight is 770 g/mol. The minimum Gasteiger partial charge on any atom is -0.456 e. The van der Waals surface area contributed by atoms with Crippen LogP contribution in [0.15, 0.2) is 203 Å². The fraction of sp³-hybridized carbons (Fsp3) is 0.0526. The third kappa shape index (κ3) is 5.43. The van der Waals surface area contributed by atoms with E-state index in [1.165, 1.54) is 60.1 Å². The van der Waals surface area contributed by atoms with Crippen molar-refractivity contribution in [2.24, 2.45) is 0 Å². The van der Waals surface area contributed by atoms with E-state index in [1.54, 1.807) is 0 Å². The third-order valence-corrected chi connectivity index (χ3v) is 12.4. The highest BCUT2D eigenvalue weighted by Crippen LogP contribution is 2.47. The number of hydrogen-bond acceptors (Lipinski definition) is 3. The fourth-order valence-corrected chi connectivity index (χ4v) is 9.69. The normalized spacial score (nSPS) is 12.4. The van der Waals surface area contributed by atoms with Gasteiger partial charge in [0.2, 0.25) is 0 Å². The number of fused-ring (bicyclic) bond motifs is 11. The van der Waals surface area contributed by atoms with Crippen molar-refractivity contribution in [3.63, 3.8) is 0 Å². The molecule has 284 valence electrons. The summed E-state index contributed by atoms with van der Waals surface area (Å²) in [6.45, 7) is 4.28. The molecule has 0 N–H and O–H groups in total. The largest absolute Gasteiger partial charge is 0.456 e. The van der Waals surface area contributed by atoms with Gasteiger partial charge in [0, 0.05) is 44.2 Å². The molecule has 12 rings (SSSR count). The van der Waals surface area contributed by atoms with Crippen molar-refractivity contribution < 1.29 is 8.83 Å². The van der Waals surface area contributed by atoms with Crippen LogP contribution >= 0.6 is 0 Å². The van der Waals surface area contributed by atoms with Gasteiger partial charge in [-0.2, -0.15) is 0 Å². The van der Waals surface area contributed by atoms with Gasteiger partial charge in [0.1, 0.15) is 22.3 Å². The van der Waals surface area contributed by atoms with Gasteiger partial charge in [0.05, 0.1) is 5.69 Å². The van der Waals surface area contributed by atoms with Gasteiger partial charge >= 0.3 is 0 Å². The predicted molar refractivity (Wildman–Crippen MR) is 252 cm³/mol. The fourth-order valence-electron chi connectivity index (χ4n) is 9.69. The second-order valence-corrected chi connectivity index (χ2v) is 16.2. The number of hydrogen-bond donors (Lipinski definition) is 0. The van der Waals surface area contributed by atoms with Crippen molar-refractivity contribution >= 4 is 93.3 Å². The van der Waals surface area contributed by atoms with Gasteiger partial charge in [-0.15, -0.1) is 0 Å². The zero-order valence-corrected chi connectivity index (χ0v) is 33.3. The average Bonchev–Trinajstić information content (AvgIpc) is 3.84. The zero-order valence-electron chi connectivity index (χ0n) is 33.3. The van der Waals surface area contributed by atoms with E-state index in [1.807, 2.05) is 0 Å². The van der Waals surface area contributed by atoms with Gasteiger partial charge in [0.15, 0.2) is 0 Å². The summed E-state index contributed by atoms with van der Waals surface area (Å²) in [6, 6.07) is 70.7. The lowest BCUT2D eigenvalue weighted by atomic mass is 9.80. The molecule has 0 aliphatic rings. The highest BCUT2D eigenvalue weighted by molar-refractivity contribution is 6.22. The molecule has 0 aliphatic heterocycles. The minimum atomic E-state index is -0.0286. The molecule has 0 saturated carbocycles. The Balaban J connectivity index is 1.13. The Hall–Kier alpha value is -7.62. The Morgan fingerprint density at radius 2 is 0.833 bits per heavy atom. The van der Waals surface area contributed by atoms with Crippen molar-refractivity contribution in [1.82, 2.24) is 0 Å². The van der Waals surface area contributed by atoms with Crippen molar-refractivity contribution in [3.8, 4) is 0 Å².